The van der Waals surface area contributed by atoms with Crippen molar-refractivity contribution in [2.24, 2.45) is 5.92 Å². The number of carbonyl (C=O) groups is 2. The number of nitrogens with one attached hydrogen (secondary N) is 2. The van der Waals surface area contributed by atoms with Crippen molar-refractivity contribution in [3.05, 3.63) is 30.1 Å². The molecule has 23 heavy (non-hydrogen) atoms. The number of anilines is 1. The van der Waals surface area contributed by atoms with E-state index in [0.717, 1.165) is 30.8 Å². The summed E-state index contributed by atoms with van der Waals surface area (Å²) in [6, 6.07) is 5.50. The van der Waals surface area contributed by atoms with Crippen LogP contribution in [0.15, 0.2) is 24.3 Å². The molecule has 126 valence electrons. The largest absolute Gasteiger partial charge is 0.466 e. The van der Waals surface area contributed by atoms with Gasteiger partial charge in [0, 0.05) is 18.5 Å². The first-order chi connectivity index (χ1) is 11.0. The molecule has 2 N–H and O–H groups in total. The van der Waals surface area contributed by atoms with Crippen molar-refractivity contribution in [1.82, 2.24) is 0 Å². The molecule has 2 rings (SSSR count). The average molecular weight is 323 g/mol. The Hall–Kier alpha value is -1.95. The summed E-state index contributed by atoms with van der Waals surface area (Å²) in [5.41, 5.74) is 0.587. The summed E-state index contributed by atoms with van der Waals surface area (Å²) >= 11 is 0. The van der Waals surface area contributed by atoms with Crippen molar-refractivity contribution in [2.75, 3.05) is 25.0 Å². The smallest absolute Gasteiger partial charge is 0.309 e. The van der Waals surface area contributed by atoms with Crippen LogP contribution >= 0.6 is 0 Å². The molecule has 0 spiro atoms. The summed E-state index contributed by atoms with van der Waals surface area (Å²) in [5, 5.41) is 2.80. The molecule has 1 aliphatic rings. The van der Waals surface area contributed by atoms with Gasteiger partial charge in [-0.1, -0.05) is 0 Å². The number of piperidine rings is 1. The van der Waals surface area contributed by atoms with Gasteiger partial charge >= 0.3 is 5.97 Å². The highest BCUT2D eigenvalue weighted by atomic mass is 19.1. The summed E-state index contributed by atoms with van der Waals surface area (Å²) in [4.78, 5) is 25.2. The number of carbonyl (C=O) groups excluding carboxylic acids is 2. The van der Waals surface area contributed by atoms with Crippen molar-refractivity contribution < 1.29 is 23.6 Å². The van der Waals surface area contributed by atoms with Crippen LogP contribution in [0.4, 0.5) is 10.1 Å². The van der Waals surface area contributed by atoms with E-state index in [9.17, 15) is 14.0 Å². The van der Waals surface area contributed by atoms with E-state index in [-0.39, 0.29) is 29.7 Å². The fourth-order valence-corrected chi connectivity index (χ4v) is 2.89. The molecule has 1 amide bonds. The Balaban J connectivity index is 1.84. The van der Waals surface area contributed by atoms with Gasteiger partial charge in [0.25, 0.3) is 5.91 Å². The molecule has 0 aromatic heterocycles. The molecule has 1 aromatic rings. The molecule has 5 nitrogen and oxygen atoms in total. The second-order valence-corrected chi connectivity index (χ2v) is 5.90. The Morgan fingerprint density at radius 2 is 1.91 bits per heavy atom. The number of hydrogen-bond acceptors (Lipinski definition) is 3. The third-order valence-electron chi connectivity index (χ3n) is 4.37. The predicted octanol–water partition coefficient (Wildman–Crippen LogP) is 1.01. The van der Waals surface area contributed by atoms with E-state index in [2.05, 4.69) is 5.32 Å². The third kappa shape index (κ3) is 4.76. The third-order valence-corrected chi connectivity index (χ3v) is 4.37. The van der Waals surface area contributed by atoms with E-state index in [1.165, 1.54) is 12.1 Å². The predicted molar refractivity (Wildman–Crippen MR) is 84.5 cm³/mol. The number of hydrogen-bond donors (Lipinski definition) is 2. The highest BCUT2D eigenvalue weighted by Crippen LogP contribution is 2.12. The first kappa shape index (κ1) is 17.4. The number of esters is 1. The van der Waals surface area contributed by atoms with Crippen LogP contribution in [-0.4, -0.2) is 37.6 Å². The number of rotatable bonds is 5. The van der Waals surface area contributed by atoms with Crippen LogP contribution in [0, 0.1) is 11.7 Å². The molecule has 0 radical (unpaired) electrons. The van der Waals surface area contributed by atoms with Crippen molar-refractivity contribution in [1.29, 1.82) is 0 Å². The zero-order valence-electron chi connectivity index (χ0n) is 13.6. The molecule has 1 aromatic carbocycles. The van der Waals surface area contributed by atoms with Crippen molar-refractivity contribution in [2.45, 2.75) is 32.7 Å². The van der Waals surface area contributed by atoms with Gasteiger partial charge < -0.3 is 15.0 Å². The van der Waals surface area contributed by atoms with Gasteiger partial charge in [0.2, 0.25) is 0 Å². The Morgan fingerprint density at radius 3 is 2.48 bits per heavy atom. The van der Waals surface area contributed by atoms with E-state index >= 15 is 0 Å². The molecule has 1 aliphatic heterocycles. The van der Waals surface area contributed by atoms with E-state index in [1.54, 1.807) is 19.1 Å². The van der Waals surface area contributed by atoms with Crippen LogP contribution in [0.25, 0.3) is 0 Å². The molecule has 1 heterocycles. The van der Waals surface area contributed by atoms with E-state index < -0.39 is 0 Å². The standard InChI is InChI=1S/C17H23FN2O3/c1-3-23-17(22)13-8-10-20(11-9-13)12(2)16(21)19-15-6-4-14(18)5-7-15/h4-7,12-13H,3,8-11H2,1-2H3,(H,19,21)/p+1/t12-/m0/s1. The minimum Gasteiger partial charge on any atom is -0.466 e. The number of halogens is 1. The monoisotopic (exact) mass is 323 g/mol. The Kier molecular flexibility index (Phi) is 6.10. The highest BCUT2D eigenvalue weighted by Gasteiger charge is 2.33. The lowest BCUT2D eigenvalue weighted by atomic mass is 9.96. The topological polar surface area (TPSA) is 59.8 Å². The van der Waals surface area contributed by atoms with Gasteiger partial charge in [-0.25, -0.2) is 4.39 Å². The maximum atomic E-state index is 12.9. The molecule has 0 aliphatic carbocycles. The summed E-state index contributed by atoms with van der Waals surface area (Å²) in [6.07, 6.45) is 1.48. The molecule has 0 bridgehead atoms. The minimum atomic E-state index is -0.331. The fraction of sp³-hybridized carbons (Fsp3) is 0.529. The van der Waals surface area contributed by atoms with E-state index in [1.807, 2.05) is 6.92 Å². The van der Waals surface area contributed by atoms with Gasteiger partial charge in [0.15, 0.2) is 6.04 Å². The molecule has 1 atom stereocenters. The van der Waals surface area contributed by atoms with E-state index in [0.29, 0.717) is 12.3 Å². The van der Waals surface area contributed by atoms with E-state index in [4.69, 9.17) is 4.74 Å². The summed E-state index contributed by atoms with van der Waals surface area (Å²) in [6.45, 7) is 5.62. The van der Waals surface area contributed by atoms with Gasteiger partial charge in [-0.15, -0.1) is 0 Å². The molecular formula is C17H24FN2O3+. The van der Waals surface area contributed by atoms with Crippen LogP contribution in [-0.2, 0) is 14.3 Å². The van der Waals surface area contributed by atoms with Crippen LogP contribution in [0.3, 0.4) is 0 Å². The Labute approximate surface area is 135 Å². The van der Waals surface area contributed by atoms with Crippen molar-refractivity contribution in [3.63, 3.8) is 0 Å². The zero-order chi connectivity index (χ0) is 16.8. The summed E-state index contributed by atoms with van der Waals surface area (Å²) in [5.74, 6) is -0.607. The number of amides is 1. The van der Waals surface area contributed by atoms with Crippen molar-refractivity contribution >= 4 is 17.6 Å². The lowest BCUT2D eigenvalue weighted by molar-refractivity contribution is -0.919. The van der Waals surface area contributed by atoms with Gasteiger partial charge in [-0.05, 0) is 38.1 Å². The first-order valence-electron chi connectivity index (χ1n) is 8.09. The lowest BCUT2D eigenvalue weighted by Crippen LogP contribution is -3.17. The molecule has 0 unspecified atom stereocenters. The molecule has 1 fully saturated rings. The first-order valence-corrected chi connectivity index (χ1v) is 8.09. The number of likely N-dealkylation sites (tertiary alicyclic amines) is 1. The van der Waals surface area contributed by atoms with Gasteiger partial charge in [-0.3, -0.25) is 9.59 Å². The maximum absolute atomic E-state index is 12.9. The van der Waals surface area contributed by atoms with Crippen molar-refractivity contribution in [3.8, 4) is 0 Å². The fourth-order valence-electron chi connectivity index (χ4n) is 2.89. The molecule has 1 saturated heterocycles. The number of ether oxygens (including phenoxy) is 1. The average Bonchev–Trinajstić information content (AvgIpc) is 2.56. The maximum Gasteiger partial charge on any atom is 0.309 e. The van der Waals surface area contributed by atoms with Crippen LogP contribution < -0.4 is 10.2 Å². The van der Waals surface area contributed by atoms with Crippen LogP contribution in [0.5, 0.6) is 0 Å². The van der Waals surface area contributed by atoms with Crippen LogP contribution in [0.2, 0.25) is 0 Å². The summed E-state index contributed by atoms with van der Waals surface area (Å²) < 4.78 is 17.9. The highest BCUT2D eigenvalue weighted by molar-refractivity contribution is 5.93. The summed E-state index contributed by atoms with van der Waals surface area (Å²) in [7, 11) is 0. The van der Waals surface area contributed by atoms with Gasteiger partial charge in [0.1, 0.15) is 5.82 Å². The van der Waals surface area contributed by atoms with Gasteiger partial charge in [0.05, 0.1) is 25.6 Å². The van der Waals surface area contributed by atoms with Gasteiger partial charge in [-0.2, -0.15) is 0 Å². The second-order valence-electron chi connectivity index (χ2n) is 5.90. The number of benzene rings is 1. The Morgan fingerprint density at radius 1 is 1.30 bits per heavy atom. The van der Waals surface area contributed by atoms with Crippen LogP contribution in [0.1, 0.15) is 26.7 Å². The molecule has 0 saturated carbocycles. The zero-order valence-corrected chi connectivity index (χ0v) is 13.6. The molecule has 6 heteroatoms. The minimum absolute atomic E-state index is 0.0499. The number of quaternary nitrogens is 1. The quantitative estimate of drug-likeness (QED) is 0.795. The lowest BCUT2D eigenvalue weighted by Gasteiger charge is -2.31. The molecular weight excluding hydrogens is 299 g/mol. The Bertz CT molecular complexity index is 539. The normalized spacial score (nSPS) is 22.2. The second kappa shape index (κ2) is 8.06. The SMILES string of the molecule is CCOC(=O)C1CC[NH+]([C@@H](C)C(=O)Nc2ccc(F)cc2)CC1.